The number of nitro groups is 1. The van der Waals surface area contributed by atoms with Crippen LogP contribution < -0.4 is 4.74 Å². The van der Waals surface area contributed by atoms with E-state index >= 15 is 0 Å². The van der Waals surface area contributed by atoms with E-state index in [1.165, 1.54) is 19.2 Å². The molecule has 0 spiro atoms. The lowest BCUT2D eigenvalue weighted by Gasteiger charge is -2.01. The topological polar surface area (TPSA) is 52.4 Å². The second kappa shape index (κ2) is 3.40. The largest absolute Gasteiger partial charge is 0.490 e. The normalized spacial score (nSPS) is 9.50. The Hall–Kier alpha value is -1.29. The maximum atomic E-state index is 10.4. The van der Waals surface area contributed by atoms with Crippen molar-refractivity contribution in [3.63, 3.8) is 0 Å². The molecule has 0 fully saturated rings. The molecular formula is C7H6ClNO3. The van der Waals surface area contributed by atoms with Crippen LogP contribution in [0.5, 0.6) is 5.75 Å². The van der Waals surface area contributed by atoms with Crippen molar-refractivity contribution in [2.24, 2.45) is 0 Å². The van der Waals surface area contributed by atoms with Crippen LogP contribution >= 0.6 is 11.6 Å². The van der Waals surface area contributed by atoms with Crippen molar-refractivity contribution in [2.75, 3.05) is 7.11 Å². The Morgan fingerprint density at radius 3 is 2.67 bits per heavy atom. The number of para-hydroxylation sites is 1. The van der Waals surface area contributed by atoms with Crippen LogP contribution in [0, 0.1) is 10.1 Å². The predicted octanol–water partition coefficient (Wildman–Crippen LogP) is 2.26. The van der Waals surface area contributed by atoms with Crippen molar-refractivity contribution >= 4 is 17.3 Å². The third-order valence-corrected chi connectivity index (χ3v) is 1.66. The number of rotatable bonds is 2. The van der Waals surface area contributed by atoms with Crippen LogP contribution in [0.2, 0.25) is 5.02 Å². The number of nitrogens with zero attached hydrogens (tertiary/aromatic N) is 1. The fourth-order valence-corrected chi connectivity index (χ4v) is 1.07. The molecule has 0 aliphatic heterocycles. The summed E-state index contributed by atoms with van der Waals surface area (Å²) in [5.74, 6) is 0.174. The molecule has 0 amide bonds. The minimum atomic E-state index is -0.568. The summed E-state index contributed by atoms with van der Waals surface area (Å²) in [5, 5.41) is 10.5. The second-order valence-corrected chi connectivity index (χ2v) is 2.46. The van der Waals surface area contributed by atoms with Crippen LogP contribution in [-0.4, -0.2) is 12.0 Å². The first kappa shape index (κ1) is 8.80. The molecule has 5 heteroatoms. The summed E-state index contributed by atoms with van der Waals surface area (Å²) in [6.07, 6.45) is 0. The van der Waals surface area contributed by atoms with Gasteiger partial charge in [0.05, 0.1) is 12.0 Å². The zero-order valence-electron chi connectivity index (χ0n) is 6.28. The van der Waals surface area contributed by atoms with Gasteiger partial charge in [-0.25, -0.2) is 0 Å². The van der Waals surface area contributed by atoms with Gasteiger partial charge in [-0.1, -0.05) is 17.7 Å². The molecule has 0 aliphatic rings. The quantitative estimate of drug-likeness (QED) is 0.527. The number of ether oxygens (including phenoxy) is 1. The molecule has 0 aliphatic carbocycles. The second-order valence-electron chi connectivity index (χ2n) is 2.05. The first-order valence-electron chi connectivity index (χ1n) is 3.13. The molecule has 0 heterocycles. The summed E-state index contributed by atoms with van der Waals surface area (Å²) in [5.41, 5.74) is -0.193. The minimum Gasteiger partial charge on any atom is -0.490 e. The summed E-state index contributed by atoms with van der Waals surface area (Å²) < 4.78 is 4.76. The average molecular weight is 188 g/mol. The molecule has 0 aromatic heterocycles. The Balaban J connectivity index is 3.29. The minimum absolute atomic E-state index is 0.0827. The van der Waals surface area contributed by atoms with E-state index in [-0.39, 0.29) is 16.5 Å². The molecule has 64 valence electrons. The van der Waals surface area contributed by atoms with E-state index in [9.17, 15) is 10.1 Å². The third-order valence-electron chi connectivity index (χ3n) is 1.35. The van der Waals surface area contributed by atoms with Gasteiger partial charge in [0.2, 0.25) is 0 Å². The first-order valence-corrected chi connectivity index (χ1v) is 3.51. The number of methoxy groups -OCH3 is 1. The van der Waals surface area contributed by atoms with E-state index in [4.69, 9.17) is 16.3 Å². The van der Waals surface area contributed by atoms with E-state index in [2.05, 4.69) is 0 Å². The highest BCUT2D eigenvalue weighted by molar-refractivity contribution is 6.32. The van der Waals surface area contributed by atoms with Crippen molar-refractivity contribution in [1.82, 2.24) is 0 Å². The molecule has 0 N–H and O–H groups in total. The molecule has 0 saturated heterocycles. The zero-order valence-corrected chi connectivity index (χ0v) is 7.04. The van der Waals surface area contributed by atoms with Crippen LogP contribution in [0.15, 0.2) is 18.2 Å². The van der Waals surface area contributed by atoms with Crippen molar-refractivity contribution < 1.29 is 9.66 Å². The lowest BCUT2D eigenvalue weighted by Crippen LogP contribution is -1.93. The maximum absolute atomic E-state index is 10.4. The Morgan fingerprint density at radius 2 is 2.25 bits per heavy atom. The molecular weight excluding hydrogens is 182 g/mol. The summed E-state index contributed by atoms with van der Waals surface area (Å²) in [4.78, 5) is 9.87. The molecule has 1 rings (SSSR count). The highest BCUT2D eigenvalue weighted by Gasteiger charge is 2.18. The van der Waals surface area contributed by atoms with Crippen molar-refractivity contribution in [1.29, 1.82) is 0 Å². The van der Waals surface area contributed by atoms with E-state index in [0.29, 0.717) is 0 Å². The van der Waals surface area contributed by atoms with Gasteiger partial charge in [0.25, 0.3) is 0 Å². The lowest BCUT2D eigenvalue weighted by molar-refractivity contribution is -0.385. The van der Waals surface area contributed by atoms with Crippen molar-refractivity contribution in [2.45, 2.75) is 0 Å². The van der Waals surface area contributed by atoms with E-state index < -0.39 is 4.92 Å². The summed E-state index contributed by atoms with van der Waals surface area (Å²) in [7, 11) is 1.36. The standard InChI is InChI=1S/C7H6ClNO3/c1-12-6-4-2-3-5(8)7(6)9(10)11/h2-4H,1H3. The molecule has 0 unspecified atom stereocenters. The van der Waals surface area contributed by atoms with Crippen molar-refractivity contribution in [3.8, 4) is 5.75 Å². The zero-order chi connectivity index (χ0) is 9.14. The van der Waals surface area contributed by atoms with Gasteiger partial charge in [-0.3, -0.25) is 10.1 Å². The lowest BCUT2D eigenvalue weighted by atomic mass is 10.3. The van der Waals surface area contributed by atoms with Gasteiger partial charge in [0, 0.05) is 0 Å². The fourth-order valence-electron chi connectivity index (χ4n) is 0.837. The smallest absolute Gasteiger partial charge is 0.329 e. The third kappa shape index (κ3) is 1.48. The molecule has 0 radical (unpaired) electrons. The number of nitro benzene ring substituents is 1. The van der Waals surface area contributed by atoms with Gasteiger partial charge < -0.3 is 4.74 Å². The van der Waals surface area contributed by atoms with Gasteiger partial charge in [-0.15, -0.1) is 0 Å². The Morgan fingerprint density at radius 1 is 1.58 bits per heavy atom. The molecule has 4 nitrogen and oxygen atoms in total. The number of hydrogen-bond donors (Lipinski definition) is 0. The summed E-state index contributed by atoms with van der Waals surface area (Å²) in [6, 6.07) is 4.53. The Kier molecular flexibility index (Phi) is 2.50. The molecule has 0 saturated carbocycles. The molecule has 12 heavy (non-hydrogen) atoms. The van der Waals surface area contributed by atoms with Crippen LogP contribution in [0.25, 0.3) is 0 Å². The molecule has 1 aromatic carbocycles. The molecule has 1 aromatic rings. The van der Waals surface area contributed by atoms with E-state index in [0.717, 1.165) is 0 Å². The van der Waals surface area contributed by atoms with Crippen LogP contribution in [0.1, 0.15) is 0 Å². The monoisotopic (exact) mass is 187 g/mol. The van der Waals surface area contributed by atoms with E-state index in [1.807, 2.05) is 0 Å². The summed E-state index contributed by atoms with van der Waals surface area (Å²) in [6.45, 7) is 0. The highest BCUT2D eigenvalue weighted by Crippen LogP contribution is 2.33. The van der Waals surface area contributed by atoms with Crippen molar-refractivity contribution in [3.05, 3.63) is 33.3 Å². The Bertz CT molecular complexity index is 314. The fraction of sp³-hybridized carbons (Fsp3) is 0.143. The van der Waals surface area contributed by atoms with Gasteiger partial charge in [-0.2, -0.15) is 0 Å². The SMILES string of the molecule is COc1cccc(Cl)c1[N+](=O)[O-]. The number of halogens is 1. The van der Waals surface area contributed by atoms with Crippen LogP contribution in [0.3, 0.4) is 0 Å². The average Bonchev–Trinajstić information content (AvgIpc) is 2.03. The van der Waals surface area contributed by atoms with E-state index in [1.54, 1.807) is 6.07 Å². The maximum Gasteiger partial charge on any atom is 0.329 e. The Labute approximate surface area is 73.9 Å². The number of benzene rings is 1. The first-order chi connectivity index (χ1) is 5.66. The van der Waals surface area contributed by atoms with Gasteiger partial charge in [-0.05, 0) is 12.1 Å². The molecule has 0 bridgehead atoms. The molecule has 0 atom stereocenters. The van der Waals surface area contributed by atoms with Crippen LogP contribution in [0.4, 0.5) is 5.69 Å². The van der Waals surface area contributed by atoms with Gasteiger partial charge in [0.15, 0.2) is 5.75 Å². The van der Waals surface area contributed by atoms with Gasteiger partial charge in [0.1, 0.15) is 5.02 Å². The van der Waals surface area contributed by atoms with Crippen LogP contribution in [-0.2, 0) is 0 Å². The summed E-state index contributed by atoms with van der Waals surface area (Å²) >= 11 is 5.58. The number of hydrogen-bond acceptors (Lipinski definition) is 3. The highest BCUT2D eigenvalue weighted by atomic mass is 35.5. The predicted molar refractivity (Wildman–Crippen MR) is 44.7 cm³/mol. The van der Waals surface area contributed by atoms with Gasteiger partial charge >= 0.3 is 5.69 Å².